The summed E-state index contributed by atoms with van der Waals surface area (Å²) in [6.45, 7) is 3.79. The van der Waals surface area contributed by atoms with Gasteiger partial charge in [0.1, 0.15) is 16.7 Å². The Bertz CT molecular complexity index is 1190. The first-order valence-corrected chi connectivity index (χ1v) is 8.65. The van der Waals surface area contributed by atoms with E-state index in [-0.39, 0.29) is 16.4 Å². The molecule has 0 amide bonds. The standard InChI is InChI=1S/C17H13F3N4OS/c1-8(2)24-15(9-3-4-10-12(7-9)26-16(25)21-10)14-11(23-24)5-6-13(22-14)17(18,19)20/h3-8H,1-2H3,(H,21,25). The van der Waals surface area contributed by atoms with Crippen LogP contribution in [0.1, 0.15) is 25.6 Å². The summed E-state index contributed by atoms with van der Waals surface area (Å²) in [4.78, 5) is 17.9. The highest BCUT2D eigenvalue weighted by Gasteiger charge is 2.33. The van der Waals surface area contributed by atoms with Gasteiger partial charge in [-0.1, -0.05) is 17.4 Å². The summed E-state index contributed by atoms with van der Waals surface area (Å²) in [6, 6.07) is 7.46. The van der Waals surface area contributed by atoms with Gasteiger partial charge in [-0.15, -0.1) is 0 Å². The number of hydrogen-bond donors (Lipinski definition) is 1. The van der Waals surface area contributed by atoms with Crippen LogP contribution < -0.4 is 4.87 Å². The van der Waals surface area contributed by atoms with Crippen LogP contribution in [0.4, 0.5) is 13.2 Å². The molecule has 0 saturated carbocycles. The van der Waals surface area contributed by atoms with Crippen molar-refractivity contribution in [2.75, 3.05) is 0 Å². The lowest BCUT2D eigenvalue weighted by Gasteiger charge is -2.11. The smallest absolute Gasteiger partial charge is 0.312 e. The minimum Gasteiger partial charge on any atom is -0.312 e. The number of alkyl halides is 3. The van der Waals surface area contributed by atoms with E-state index < -0.39 is 11.9 Å². The van der Waals surface area contributed by atoms with E-state index in [1.54, 1.807) is 22.9 Å². The zero-order valence-electron chi connectivity index (χ0n) is 13.8. The quantitative estimate of drug-likeness (QED) is 0.554. The lowest BCUT2D eigenvalue weighted by Crippen LogP contribution is -2.07. The number of aromatic nitrogens is 4. The molecule has 0 fully saturated rings. The molecule has 0 aliphatic heterocycles. The van der Waals surface area contributed by atoms with E-state index in [0.29, 0.717) is 22.3 Å². The first-order chi connectivity index (χ1) is 12.2. The lowest BCUT2D eigenvalue weighted by atomic mass is 10.1. The Morgan fingerprint density at radius 2 is 1.96 bits per heavy atom. The molecule has 0 unspecified atom stereocenters. The van der Waals surface area contributed by atoms with Crippen LogP contribution in [0, 0.1) is 0 Å². The molecule has 0 saturated heterocycles. The van der Waals surface area contributed by atoms with Crippen LogP contribution in [-0.4, -0.2) is 19.7 Å². The van der Waals surface area contributed by atoms with E-state index in [0.717, 1.165) is 22.1 Å². The lowest BCUT2D eigenvalue weighted by molar-refractivity contribution is -0.140. The van der Waals surface area contributed by atoms with E-state index in [4.69, 9.17) is 0 Å². The zero-order valence-corrected chi connectivity index (χ0v) is 14.6. The average Bonchev–Trinajstić information content (AvgIpc) is 3.11. The maximum atomic E-state index is 13.1. The maximum Gasteiger partial charge on any atom is 0.433 e. The Balaban J connectivity index is 2.03. The van der Waals surface area contributed by atoms with Crippen molar-refractivity contribution in [2.24, 2.45) is 0 Å². The highest BCUT2D eigenvalue weighted by atomic mass is 32.1. The number of nitrogens with one attached hydrogen (secondary N) is 1. The molecule has 4 aromatic rings. The van der Waals surface area contributed by atoms with Crippen molar-refractivity contribution in [3.05, 3.63) is 45.7 Å². The largest absolute Gasteiger partial charge is 0.433 e. The SMILES string of the molecule is CC(C)n1nc2ccc(C(F)(F)F)nc2c1-c1ccc2[nH]c(=O)sc2c1. The van der Waals surface area contributed by atoms with E-state index in [1.807, 2.05) is 13.8 Å². The van der Waals surface area contributed by atoms with Crippen molar-refractivity contribution in [1.82, 2.24) is 19.7 Å². The number of H-pyrrole nitrogens is 1. The molecule has 0 bridgehead atoms. The highest BCUT2D eigenvalue weighted by Crippen LogP contribution is 2.35. The predicted molar refractivity (Wildman–Crippen MR) is 94.4 cm³/mol. The van der Waals surface area contributed by atoms with Crippen molar-refractivity contribution >= 4 is 32.6 Å². The van der Waals surface area contributed by atoms with Crippen LogP contribution in [-0.2, 0) is 6.18 Å². The first kappa shape index (κ1) is 16.8. The molecule has 134 valence electrons. The number of aromatic amines is 1. The highest BCUT2D eigenvalue weighted by molar-refractivity contribution is 7.16. The predicted octanol–water partition coefficient (Wildman–Crippen LogP) is 4.60. The second-order valence-corrected chi connectivity index (χ2v) is 7.19. The van der Waals surface area contributed by atoms with Gasteiger partial charge in [-0.2, -0.15) is 18.3 Å². The Morgan fingerprint density at radius 1 is 1.19 bits per heavy atom. The number of thiazole rings is 1. The average molecular weight is 378 g/mol. The number of hydrogen-bond acceptors (Lipinski definition) is 4. The van der Waals surface area contributed by atoms with Crippen LogP contribution in [0.2, 0.25) is 0 Å². The first-order valence-electron chi connectivity index (χ1n) is 7.84. The number of pyridine rings is 1. The van der Waals surface area contributed by atoms with Gasteiger partial charge in [0.15, 0.2) is 0 Å². The summed E-state index contributed by atoms with van der Waals surface area (Å²) in [5, 5.41) is 4.42. The molecule has 1 aromatic carbocycles. The Hall–Kier alpha value is -2.68. The summed E-state index contributed by atoms with van der Waals surface area (Å²) in [6.07, 6.45) is -4.53. The van der Waals surface area contributed by atoms with Gasteiger partial charge in [0.2, 0.25) is 0 Å². The Kier molecular flexibility index (Phi) is 3.65. The Labute approximate surface area is 149 Å². The fourth-order valence-corrected chi connectivity index (χ4v) is 3.65. The van der Waals surface area contributed by atoms with Gasteiger partial charge in [0.05, 0.1) is 15.9 Å². The molecule has 0 atom stereocenters. The second kappa shape index (κ2) is 5.66. The molecule has 0 radical (unpaired) electrons. The number of fused-ring (bicyclic) bond motifs is 2. The van der Waals surface area contributed by atoms with Crippen molar-refractivity contribution in [3.63, 3.8) is 0 Å². The molecule has 26 heavy (non-hydrogen) atoms. The van der Waals surface area contributed by atoms with Crippen molar-refractivity contribution in [3.8, 4) is 11.3 Å². The number of benzene rings is 1. The molecule has 1 N–H and O–H groups in total. The third-order valence-electron chi connectivity index (χ3n) is 4.02. The van der Waals surface area contributed by atoms with Gasteiger partial charge < -0.3 is 4.98 Å². The summed E-state index contributed by atoms with van der Waals surface area (Å²) < 4.78 is 41.7. The van der Waals surface area contributed by atoms with Gasteiger partial charge in [-0.25, -0.2) is 4.98 Å². The minimum atomic E-state index is -4.53. The third-order valence-corrected chi connectivity index (χ3v) is 4.86. The van der Waals surface area contributed by atoms with Gasteiger partial charge in [-0.05, 0) is 38.1 Å². The van der Waals surface area contributed by atoms with Gasteiger partial charge in [0, 0.05) is 11.6 Å². The van der Waals surface area contributed by atoms with Crippen molar-refractivity contribution in [2.45, 2.75) is 26.1 Å². The van der Waals surface area contributed by atoms with Gasteiger partial charge in [0.25, 0.3) is 0 Å². The molecule has 4 rings (SSSR count). The third kappa shape index (κ3) is 2.68. The fourth-order valence-electron chi connectivity index (χ4n) is 2.87. The van der Waals surface area contributed by atoms with Gasteiger partial charge in [-0.3, -0.25) is 9.48 Å². The zero-order chi connectivity index (χ0) is 18.6. The second-order valence-electron chi connectivity index (χ2n) is 6.17. The van der Waals surface area contributed by atoms with Crippen LogP contribution in [0.5, 0.6) is 0 Å². The summed E-state index contributed by atoms with van der Waals surface area (Å²) >= 11 is 1.05. The number of nitrogens with zero attached hydrogens (tertiary/aromatic N) is 3. The fraction of sp³-hybridized carbons (Fsp3) is 0.235. The monoisotopic (exact) mass is 378 g/mol. The van der Waals surface area contributed by atoms with Crippen LogP contribution in [0.15, 0.2) is 35.1 Å². The van der Waals surface area contributed by atoms with Crippen LogP contribution >= 0.6 is 11.3 Å². The molecular weight excluding hydrogens is 365 g/mol. The van der Waals surface area contributed by atoms with Crippen molar-refractivity contribution < 1.29 is 13.2 Å². The van der Waals surface area contributed by atoms with E-state index >= 15 is 0 Å². The van der Waals surface area contributed by atoms with Crippen LogP contribution in [0.25, 0.3) is 32.5 Å². The molecular formula is C17H13F3N4OS. The molecule has 3 heterocycles. The normalized spacial score (nSPS) is 12.5. The molecule has 5 nitrogen and oxygen atoms in total. The number of halogens is 3. The van der Waals surface area contributed by atoms with E-state index in [2.05, 4.69) is 15.1 Å². The van der Waals surface area contributed by atoms with Crippen molar-refractivity contribution in [1.29, 1.82) is 0 Å². The topological polar surface area (TPSA) is 63.6 Å². The van der Waals surface area contributed by atoms with E-state index in [1.165, 1.54) is 6.07 Å². The van der Waals surface area contributed by atoms with E-state index in [9.17, 15) is 18.0 Å². The summed E-state index contributed by atoms with van der Waals surface area (Å²) in [5.74, 6) is 0. The number of rotatable bonds is 2. The summed E-state index contributed by atoms with van der Waals surface area (Å²) in [5.41, 5.74) is 1.48. The molecule has 3 aromatic heterocycles. The van der Waals surface area contributed by atoms with Crippen LogP contribution in [0.3, 0.4) is 0 Å². The maximum absolute atomic E-state index is 13.1. The molecule has 0 aliphatic carbocycles. The summed E-state index contributed by atoms with van der Waals surface area (Å²) in [7, 11) is 0. The molecule has 0 spiro atoms. The Morgan fingerprint density at radius 3 is 2.65 bits per heavy atom. The molecule has 9 heteroatoms. The van der Waals surface area contributed by atoms with Gasteiger partial charge >= 0.3 is 11.0 Å². The minimum absolute atomic E-state index is 0.0748. The molecule has 0 aliphatic rings.